The van der Waals surface area contributed by atoms with Crippen molar-refractivity contribution in [1.29, 1.82) is 0 Å². The Bertz CT molecular complexity index is 2370. The Morgan fingerprint density at radius 3 is 2.17 bits per heavy atom. The van der Waals surface area contributed by atoms with Crippen LogP contribution in [0.3, 0.4) is 0 Å². The predicted octanol–water partition coefficient (Wildman–Crippen LogP) is 10.5. The summed E-state index contributed by atoms with van der Waals surface area (Å²) in [6.45, 7) is 8.07. The molecule has 6 heteroatoms. The third-order valence-electron chi connectivity index (χ3n) is 9.62. The molecule has 46 heavy (non-hydrogen) atoms. The second-order valence-corrected chi connectivity index (χ2v) is 12.0. The Labute approximate surface area is 282 Å². The normalized spacial score (nSPS) is 12.3. The molecule has 0 aliphatic heterocycles. The molecule has 0 amide bonds. The Morgan fingerprint density at radius 2 is 1.41 bits per heavy atom. The van der Waals surface area contributed by atoms with Crippen LogP contribution in [0.2, 0.25) is 0 Å². The van der Waals surface area contributed by atoms with E-state index in [1.54, 1.807) is 0 Å². The summed E-state index contributed by atoms with van der Waals surface area (Å²) in [6, 6.07) is 31.8. The van der Waals surface area contributed by atoms with Gasteiger partial charge in [0.2, 0.25) is 0 Å². The third kappa shape index (κ3) is 4.96. The van der Waals surface area contributed by atoms with Crippen LogP contribution in [0.15, 0.2) is 96.9 Å². The fourth-order valence-corrected chi connectivity index (χ4v) is 7.12. The summed E-state index contributed by atoms with van der Waals surface area (Å²) in [5.41, 5.74) is 6.86. The second kappa shape index (κ2) is 12.9. The van der Waals surface area contributed by atoms with Crippen LogP contribution in [-0.2, 0) is 24.9 Å². The Kier molecular flexibility index (Phi) is 8.87. The number of ketones is 1. The van der Waals surface area contributed by atoms with E-state index in [0.29, 0.717) is 0 Å². The van der Waals surface area contributed by atoms with Crippen molar-refractivity contribution in [2.75, 3.05) is 0 Å². The minimum absolute atomic E-state index is 0. The first kappa shape index (κ1) is 31.7. The summed E-state index contributed by atoms with van der Waals surface area (Å²) in [6.07, 6.45) is 6.84. The molecule has 0 aliphatic rings. The van der Waals surface area contributed by atoms with Crippen LogP contribution in [0.25, 0.3) is 65.5 Å². The van der Waals surface area contributed by atoms with Gasteiger partial charge in [-0.3, -0.25) is 4.79 Å². The van der Waals surface area contributed by atoms with Crippen molar-refractivity contribution in [2.24, 2.45) is 11.8 Å². The van der Waals surface area contributed by atoms with E-state index in [1.807, 2.05) is 33.9 Å². The van der Waals surface area contributed by atoms with Crippen LogP contribution in [-0.4, -0.2) is 24.7 Å². The summed E-state index contributed by atoms with van der Waals surface area (Å²) in [5, 5.41) is 17.1. The van der Waals surface area contributed by atoms with Gasteiger partial charge in [0.05, 0.1) is 27.8 Å². The van der Waals surface area contributed by atoms with Gasteiger partial charge in [0, 0.05) is 55.0 Å². The molecular weight excluding hydrogens is 747 g/mol. The van der Waals surface area contributed by atoms with Crippen molar-refractivity contribution >= 4 is 71.3 Å². The SMILES string of the molecule is CCC(CC)C(=O)/C=C(\O)C(CC)CC.[Ir].[c-]1c2ccccc2cc2c3cccc4c3n(c12)c1nccc2c3ccccc3n4c21. The maximum absolute atomic E-state index is 11.7. The van der Waals surface area contributed by atoms with E-state index >= 15 is 0 Å². The van der Waals surface area contributed by atoms with Crippen molar-refractivity contribution in [3.05, 3.63) is 103 Å². The van der Waals surface area contributed by atoms with Crippen molar-refractivity contribution in [1.82, 2.24) is 13.8 Å². The van der Waals surface area contributed by atoms with Gasteiger partial charge in [0.25, 0.3) is 0 Å². The molecule has 1 N–H and O–H groups in total. The zero-order valence-electron chi connectivity index (χ0n) is 26.7. The van der Waals surface area contributed by atoms with Gasteiger partial charge in [0.1, 0.15) is 0 Å². The molecule has 0 fully saturated rings. The smallest absolute Gasteiger partial charge is 0.162 e. The van der Waals surface area contributed by atoms with Crippen LogP contribution in [0.4, 0.5) is 0 Å². The van der Waals surface area contributed by atoms with E-state index in [1.165, 1.54) is 49.6 Å². The number of rotatable bonds is 7. The number of aliphatic hydroxyl groups is 1. The monoisotopic (exact) mass is 785 g/mol. The molecule has 0 spiro atoms. The molecular formula is C40H38IrN3O2-. The quantitative estimate of drug-likeness (QED) is 0.0758. The third-order valence-corrected chi connectivity index (χ3v) is 9.62. The van der Waals surface area contributed by atoms with Gasteiger partial charge in [-0.2, -0.15) is 0 Å². The number of aromatic nitrogens is 3. The van der Waals surface area contributed by atoms with E-state index in [4.69, 9.17) is 4.98 Å². The van der Waals surface area contributed by atoms with E-state index in [2.05, 4.69) is 93.7 Å². The van der Waals surface area contributed by atoms with Gasteiger partial charge in [-0.1, -0.05) is 75.5 Å². The van der Waals surface area contributed by atoms with Crippen molar-refractivity contribution in [2.45, 2.75) is 53.4 Å². The maximum atomic E-state index is 11.7. The number of hydrogen-bond donors (Lipinski definition) is 1. The number of aliphatic hydroxyl groups excluding tert-OH is 1. The molecule has 235 valence electrons. The Morgan fingerprint density at radius 1 is 0.761 bits per heavy atom. The number of hydrogen-bond acceptors (Lipinski definition) is 3. The second-order valence-electron chi connectivity index (χ2n) is 12.0. The van der Waals surface area contributed by atoms with Crippen molar-refractivity contribution in [3.63, 3.8) is 0 Å². The first-order chi connectivity index (χ1) is 22.0. The minimum Gasteiger partial charge on any atom is -0.512 e. The van der Waals surface area contributed by atoms with Gasteiger partial charge in [-0.15, -0.1) is 35.0 Å². The molecule has 5 nitrogen and oxygen atoms in total. The topological polar surface area (TPSA) is 59.0 Å². The molecule has 0 atom stereocenters. The zero-order valence-corrected chi connectivity index (χ0v) is 29.1. The van der Waals surface area contributed by atoms with Crippen molar-refractivity contribution < 1.29 is 30.0 Å². The molecule has 8 rings (SSSR count). The van der Waals surface area contributed by atoms with Crippen LogP contribution in [0, 0.1) is 17.9 Å². The molecule has 0 aliphatic carbocycles. The number of nitrogens with zero attached hydrogens (tertiary/aromatic N) is 3. The molecule has 0 unspecified atom stereocenters. The van der Waals surface area contributed by atoms with Crippen LogP contribution >= 0.6 is 0 Å². The number of fused-ring (bicyclic) bond motifs is 9. The molecule has 1 radical (unpaired) electrons. The van der Waals surface area contributed by atoms with Gasteiger partial charge in [0.15, 0.2) is 11.4 Å². The minimum atomic E-state index is 0. The molecule has 0 saturated heterocycles. The van der Waals surface area contributed by atoms with E-state index in [-0.39, 0.29) is 43.5 Å². The van der Waals surface area contributed by atoms with Crippen LogP contribution in [0.1, 0.15) is 53.4 Å². The number of carbonyl (C=O) groups is 1. The molecule has 8 aromatic rings. The van der Waals surface area contributed by atoms with E-state index < -0.39 is 0 Å². The summed E-state index contributed by atoms with van der Waals surface area (Å²) in [5.74, 6) is 0.547. The molecule has 0 saturated carbocycles. The number of carbonyl (C=O) groups excluding carboxylic acids is 1. The van der Waals surface area contributed by atoms with E-state index in [0.717, 1.165) is 47.8 Å². The van der Waals surface area contributed by atoms with Gasteiger partial charge in [-0.25, -0.2) is 4.98 Å². The Hall–Kier alpha value is -4.25. The van der Waals surface area contributed by atoms with Gasteiger partial charge in [-0.05, 0) is 54.8 Å². The Balaban J connectivity index is 0.000000201. The zero-order chi connectivity index (χ0) is 31.2. The fourth-order valence-electron chi connectivity index (χ4n) is 7.12. The predicted molar refractivity (Wildman–Crippen MR) is 188 cm³/mol. The summed E-state index contributed by atoms with van der Waals surface area (Å²) < 4.78 is 4.70. The maximum Gasteiger partial charge on any atom is 0.162 e. The largest absolute Gasteiger partial charge is 0.512 e. The average Bonchev–Trinajstić information content (AvgIpc) is 3.58. The van der Waals surface area contributed by atoms with Crippen molar-refractivity contribution in [3.8, 4) is 0 Å². The van der Waals surface area contributed by atoms with E-state index in [9.17, 15) is 9.90 Å². The standard InChI is InChI=1S/C27H14N3.C13H24O2.Ir/c1-2-7-17-15-24-21(14-16(17)6-1)19-9-5-11-23-25(19)30(24)27-26-20(12-13-28-27)18-8-3-4-10-22(18)29(23)26;1-5-10(6-2)12(14)9-13(15)11(7-3)8-4;/h1-14H;9-11,14H,5-8H2,1-4H3;/q-1;;/b;12-9-;. The summed E-state index contributed by atoms with van der Waals surface area (Å²) >= 11 is 0. The fraction of sp³-hybridized carbons (Fsp3) is 0.250. The number of para-hydroxylation sites is 2. The van der Waals surface area contributed by atoms with Gasteiger partial charge >= 0.3 is 0 Å². The number of benzene rings is 4. The molecule has 4 aromatic carbocycles. The first-order valence-corrected chi connectivity index (χ1v) is 16.2. The molecule has 0 bridgehead atoms. The number of pyridine rings is 1. The van der Waals surface area contributed by atoms with Crippen LogP contribution in [0.5, 0.6) is 0 Å². The van der Waals surface area contributed by atoms with Crippen LogP contribution < -0.4 is 0 Å². The molecule has 4 heterocycles. The summed E-state index contributed by atoms with van der Waals surface area (Å²) in [4.78, 5) is 16.6. The van der Waals surface area contributed by atoms with Gasteiger partial charge < -0.3 is 13.9 Å². The first-order valence-electron chi connectivity index (χ1n) is 16.2. The summed E-state index contributed by atoms with van der Waals surface area (Å²) in [7, 11) is 0. The number of allylic oxidation sites excluding steroid dienone is 2. The molecule has 4 aromatic heterocycles. The average molecular weight is 785 g/mol.